The second-order valence-corrected chi connectivity index (χ2v) is 7.14. The summed E-state index contributed by atoms with van der Waals surface area (Å²) >= 11 is 17.7. The molecule has 1 aromatic heterocycles. The minimum Gasteiger partial charge on any atom is -0.507 e. The average Bonchev–Trinajstić information content (AvgIpc) is 2.92. The number of unbranched alkanes of at least 4 members (excludes halogenated alkanes) is 3. The van der Waals surface area contributed by atoms with E-state index in [1.807, 2.05) is 0 Å². The molecule has 0 aliphatic carbocycles. The molecule has 0 fully saturated rings. The predicted molar refractivity (Wildman–Crippen MR) is 101 cm³/mol. The zero-order valence-electron chi connectivity index (χ0n) is 13.8. The topological polar surface area (TPSA) is 73.3 Å². The Morgan fingerprint density at radius 2 is 1.76 bits per heavy atom. The van der Waals surface area contributed by atoms with Crippen LogP contribution in [-0.2, 0) is 12.8 Å². The second kappa shape index (κ2) is 8.84. The number of rotatable bonds is 8. The highest BCUT2D eigenvalue weighted by Crippen LogP contribution is 2.38. The van der Waals surface area contributed by atoms with Crippen molar-refractivity contribution in [3.8, 4) is 11.5 Å². The summed E-state index contributed by atoms with van der Waals surface area (Å²) in [7, 11) is 0. The van der Waals surface area contributed by atoms with Crippen LogP contribution in [0.3, 0.4) is 0 Å². The standard InChI is InChI=1S/C18H20Cl3NO3/c1-2-3-4-5-6-10-7-12(19)17(25)11(16(10)24)8-15(23)14-9-13(20)18(21)22-14/h7,9,22,24-25H,2-6,8H2,1H3. The number of aryl methyl sites for hydroxylation is 1. The Hall–Kier alpha value is -1.36. The number of carbonyl (C=O) groups is 1. The number of phenolic OH excluding ortho intramolecular Hbond substituents is 2. The van der Waals surface area contributed by atoms with E-state index in [-0.39, 0.29) is 50.2 Å². The summed E-state index contributed by atoms with van der Waals surface area (Å²) in [4.78, 5) is 15.1. The van der Waals surface area contributed by atoms with E-state index in [1.54, 1.807) is 6.07 Å². The van der Waals surface area contributed by atoms with Crippen LogP contribution in [0.15, 0.2) is 12.1 Å². The highest BCUT2D eigenvalue weighted by atomic mass is 35.5. The number of nitrogens with one attached hydrogen (secondary N) is 1. The molecular formula is C18H20Cl3NO3. The molecule has 3 N–H and O–H groups in total. The van der Waals surface area contributed by atoms with Crippen molar-refractivity contribution >= 4 is 40.6 Å². The Morgan fingerprint density at radius 1 is 1.04 bits per heavy atom. The number of halogens is 3. The van der Waals surface area contributed by atoms with Gasteiger partial charge in [-0.15, -0.1) is 0 Å². The molecule has 2 aromatic rings. The molecule has 1 heterocycles. The SMILES string of the molecule is CCCCCCc1cc(Cl)c(O)c(CC(=O)c2cc(Cl)c(Cl)[nH]2)c1O. The molecule has 4 nitrogen and oxygen atoms in total. The normalized spacial score (nSPS) is 11.0. The first-order valence-electron chi connectivity index (χ1n) is 8.14. The molecule has 1 aromatic carbocycles. The van der Waals surface area contributed by atoms with Gasteiger partial charge in [0.1, 0.15) is 16.7 Å². The molecule has 0 atom stereocenters. The summed E-state index contributed by atoms with van der Waals surface area (Å²) < 4.78 is 0. The van der Waals surface area contributed by atoms with Gasteiger partial charge in [-0.05, 0) is 30.5 Å². The highest BCUT2D eigenvalue weighted by Gasteiger charge is 2.21. The molecule has 7 heteroatoms. The first-order chi connectivity index (χ1) is 11.8. The van der Waals surface area contributed by atoms with Crippen molar-refractivity contribution in [3.05, 3.63) is 44.2 Å². The van der Waals surface area contributed by atoms with Gasteiger partial charge in [-0.25, -0.2) is 0 Å². The Kier molecular flexibility index (Phi) is 7.05. The number of aromatic hydroxyl groups is 2. The number of ketones is 1. The van der Waals surface area contributed by atoms with Gasteiger partial charge < -0.3 is 15.2 Å². The first-order valence-corrected chi connectivity index (χ1v) is 9.27. The fraction of sp³-hybridized carbons (Fsp3) is 0.389. The number of aromatic amines is 1. The second-order valence-electron chi connectivity index (χ2n) is 5.95. The Morgan fingerprint density at radius 3 is 2.36 bits per heavy atom. The lowest BCUT2D eigenvalue weighted by Gasteiger charge is -2.13. The molecule has 0 amide bonds. The van der Waals surface area contributed by atoms with Crippen LogP contribution in [0.25, 0.3) is 0 Å². The van der Waals surface area contributed by atoms with Crippen LogP contribution in [-0.4, -0.2) is 21.0 Å². The fourth-order valence-electron chi connectivity index (χ4n) is 2.65. The van der Waals surface area contributed by atoms with Crippen LogP contribution >= 0.6 is 34.8 Å². The van der Waals surface area contributed by atoms with Crippen LogP contribution in [0.4, 0.5) is 0 Å². The van der Waals surface area contributed by atoms with Crippen molar-refractivity contribution in [2.75, 3.05) is 0 Å². The van der Waals surface area contributed by atoms with E-state index in [0.29, 0.717) is 12.0 Å². The Bertz CT molecular complexity index is 752. The lowest BCUT2D eigenvalue weighted by atomic mass is 9.98. The van der Waals surface area contributed by atoms with Crippen LogP contribution < -0.4 is 0 Å². The molecular weight excluding hydrogens is 385 g/mol. The van der Waals surface area contributed by atoms with Crippen molar-refractivity contribution < 1.29 is 15.0 Å². The molecule has 0 unspecified atom stereocenters. The maximum atomic E-state index is 12.4. The van der Waals surface area contributed by atoms with Gasteiger partial charge in [0.25, 0.3) is 0 Å². The fourth-order valence-corrected chi connectivity index (χ4v) is 3.21. The van der Waals surface area contributed by atoms with Gasteiger partial charge in [-0.1, -0.05) is 61.0 Å². The van der Waals surface area contributed by atoms with E-state index in [4.69, 9.17) is 34.8 Å². The van der Waals surface area contributed by atoms with Crippen molar-refractivity contribution in [2.24, 2.45) is 0 Å². The first kappa shape index (κ1) is 20.0. The van der Waals surface area contributed by atoms with Gasteiger partial charge in [0.2, 0.25) is 0 Å². The van der Waals surface area contributed by atoms with Gasteiger partial charge in [0.15, 0.2) is 5.78 Å². The lowest BCUT2D eigenvalue weighted by Crippen LogP contribution is -2.05. The highest BCUT2D eigenvalue weighted by molar-refractivity contribution is 6.41. The summed E-state index contributed by atoms with van der Waals surface area (Å²) in [5.41, 5.74) is 0.951. The van der Waals surface area contributed by atoms with E-state index in [9.17, 15) is 15.0 Å². The van der Waals surface area contributed by atoms with Crippen molar-refractivity contribution in [2.45, 2.75) is 45.4 Å². The monoisotopic (exact) mass is 403 g/mol. The third kappa shape index (κ3) is 4.84. The smallest absolute Gasteiger partial charge is 0.183 e. The molecule has 0 aliphatic heterocycles. The molecule has 0 saturated carbocycles. The van der Waals surface area contributed by atoms with Crippen LogP contribution in [0.2, 0.25) is 15.2 Å². The molecule has 0 radical (unpaired) electrons. The number of hydrogen-bond acceptors (Lipinski definition) is 3. The third-order valence-corrected chi connectivity index (χ3v) is 5.05. The molecule has 136 valence electrons. The minimum absolute atomic E-state index is 0.0875. The molecule has 0 bridgehead atoms. The number of phenols is 2. The summed E-state index contributed by atoms with van der Waals surface area (Å²) in [5, 5.41) is 21.2. The van der Waals surface area contributed by atoms with Gasteiger partial charge in [0, 0.05) is 12.0 Å². The van der Waals surface area contributed by atoms with Gasteiger partial charge in [-0.2, -0.15) is 0 Å². The number of benzene rings is 1. The van der Waals surface area contributed by atoms with Crippen LogP contribution in [0, 0.1) is 0 Å². The van der Waals surface area contributed by atoms with E-state index in [1.165, 1.54) is 6.07 Å². The average molecular weight is 405 g/mol. The van der Waals surface area contributed by atoms with Crippen molar-refractivity contribution in [1.82, 2.24) is 4.98 Å². The van der Waals surface area contributed by atoms with E-state index in [2.05, 4.69) is 11.9 Å². The lowest BCUT2D eigenvalue weighted by molar-refractivity contribution is 0.0987. The number of H-pyrrole nitrogens is 1. The molecule has 0 aliphatic rings. The summed E-state index contributed by atoms with van der Waals surface area (Å²) in [6, 6.07) is 2.96. The van der Waals surface area contributed by atoms with E-state index < -0.39 is 0 Å². The summed E-state index contributed by atoms with van der Waals surface area (Å²) in [6.07, 6.45) is 4.59. The van der Waals surface area contributed by atoms with Gasteiger partial charge in [0.05, 0.1) is 15.7 Å². The summed E-state index contributed by atoms with van der Waals surface area (Å²) in [6.45, 7) is 2.12. The molecule has 2 rings (SSSR count). The quantitative estimate of drug-likeness (QED) is 0.377. The number of Topliss-reactive ketones (excluding diaryl/α,β-unsaturated/α-hetero) is 1. The largest absolute Gasteiger partial charge is 0.507 e. The third-order valence-electron chi connectivity index (χ3n) is 4.07. The number of hydrogen-bond donors (Lipinski definition) is 3. The van der Waals surface area contributed by atoms with Crippen LogP contribution in [0.5, 0.6) is 11.5 Å². The zero-order chi connectivity index (χ0) is 18.6. The maximum Gasteiger partial charge on any atom is 0.183 e. The molecule has 0 saturated heterocycles. The Labute approximate surface area is 161 Å². The van der Waals surface area contributed by atoms with Gasteiger partial charge >= 0.3 is 0 Å². The molecule has 0 spiro atoms. The Balaban J connectivity index is 2.23. The van der Waals surface area contributed by atoms with Gasteiger partial charge in [-0.3, -0.25) is 4.79 Å². The maximum absolute atomic E-state index is 12.4. The van der Waals surface area contributed by atoms with Crippen molar-refractivity contribution in [1.29, 1.82) is 0 Å². The summed E-state index contributed by atoms with van der Waals surface area (Å²) in [5.74, 6) is -0.734. The predicted octanol–water partition coefficient (Wildman–Crippen LogP) is 5.93. The van der Waals surface area contributed by atoms with E-state index >= 15 is 0 Å². The number of aromatic nitrogens is 1. The van der Waals surface area contributed by atoms with Crippen LogP contribution in [0.1, 0.15) is 54.2 Å². The molecule has 25 heavy (non-hydrogen) atoms. The number of carbonyl (C=O) groups excluding carboxylic acids is 1. The zero-order valence-corrected chi connectivity index (χ0v) is 16.1. The van der Waals surface area contributed by atoms with Crippen molar-refractivity contribution in [3.63, 3.8) is 0 Å². The van der Waals surface area contributed by atoms with E-state index in [0.717, 1.165) is 25.7 Å². The minimum atomic E-state index is -0.362.